The third kappa shape index (κ3) is 2.81. The molecule has 0 radical (unpaired) electrons. The lowest BCUT2D eigenvalue weighted by atomic mass is 9.83. The smallest absolute Gasteiger partial charge is 0.348 e. The summed E-state index contributed by atoms with van der Waals surface area (Å²) in [5, 5.41) is 9.31. The first-order valence-electron chi connectivity index (χ1n) is 7.01. The van der Waals surface area contributed by atoms with E-state index >= 15 is 0 Å². The second-order valence-corrected chi connectivity index (χ2v) is 7.13. The lowest BCUT2D eigenvalue weighted by molar-refractivity contribution is 0.0703. The van der Waals surface area contributed by atoms with Crippen molar-refractivity contribution in [3.05, 3.63) is 40.3 Å². The molecule has 4 heteroatoms. The minimum Gasteiger partial charge on any atom is -0.477 e. The van der Waals surface area contributed by atoms with Gasteiger partial charge in [-0.1, -0.05) is 52.0 Å². The maximum absolute atomic E-state index is 11.3. The van der Waals surface area contributed by atoms with Crippen molar-refractivity contribution in [2.45, 2.75) is 39.5 Å². The Morgan fingerprint density at radius 2 is 1.90 bits per heavy atom. The van der Waals surface area contributed by atoms with Gasteiger partial charge in [0, 0.05) is 4.88 Å². The van der Waals surface area contributed by atoms with Crippen molar-refractivity contribution in [2.75, 3.05) is 5.73 Å². The minimum atomic E-state index is -0.952. The summed E-state index contributed by atoms with van der Waals surface area (Å²) in [5.74, 6) is -0.952. The van der Waals surface area contributed by atoms with Crippen molar-refractivity contribution in [1.82, 2.24) is 0 Å². The minimum absolute atomic E-state index is 0.0102. The zero-order valence-corrected chi connectivity index (χ0v) is 13.7. The molecule has 112 valence electrons. The molecule has 0 amide bonds. The third-order valence-electron chi connectivity index (χ3n) is 3.58. The number of carbonyl (C=O) groups is 1. The van der Waals surface area contributed by atoms with E-state index in [0.29, 0.717) is 5.69 Å². The lowest BCUT2D eigenvalue weighted by Crippen LogP contribution is -2.12. The topological polar surface area (TPSA) is 63.3 Å². The SMILES string of the molecule is CCc1c(-c2ccccc2C(C)(C)C)sc(C(=O)O)c1N. The average molecular weight is 303 g/mol. The molecule has 0 aliphatic rings. The van der Waals surface area contributed by atoms with Gasteiger partial charge >= 0.3 is 5.97 Å². The van der Waals surface area contributed by atoms with Gasteiger partial charge in [-0.3, -0.25) is 0 Å². The number of benzene rings is 1. The summed E-state index contributed by atoms with van der Waals surface area (Å²) in [6, 6.07) is 8.16. The van der Waals surface area contributed by atoms with Crippen molar-refractivity contribution >= 4 is 23.0 Å². The number of anilines is 1. The van der Waals surface area contributed by atoms with Crippen LogP contribution >= 0.6 is 11.3 Å². The van der Waals surface area contributed by atoms with Gasteiger partial charge in [0.1, 0.15) is 4.88 Å². The zero-order chi connectivity index (χ0) is 15.8. The molecule has 3 N–H and O–H groups in total. The van der Waals surface area contributed by atoms with E-state index in [1.165, 1.54) is 16.9 Å². The van der Waals surface area contributed by atoms with Gasteiger partial charge in [-0.2, -0.15) is 0 Å². The molecule has 21 heavy (non-hydrogen) atoms. The molecular weight excluding hydrogens is 282 g/mol. The number of nitrogen functional groups attached to an aromatic ring is 1. The maximum atomic E-state index is 11.3. The fourth-order valence-corrected chi connectivity index (χ4v) is 3.73. The van der Waals surface area contributed by atoms with E-state index < -0.39 is 5.97 Å². The largest absolute Gasteiger partial charge is 0.477 e. The molecule has 2 rings (SSSR count). The van der Waals surface area contributed by atoms with Crippen LogP contribution in [-0.4, -0.2) is 11.1 Å². The van der Waals surface area contributed by atoms with Crippen LogP contribution in [0.4, 0.5) is 5.69 Å². The quantitative estimate of drug-likeness (QED) is 0.874. The Morgan fingerprint density at radius 3 is 2.43 bits per heavy atom. The van der Waals surface area contributed by atoms with Crippen LogP contribution in [-0.2, 0) is 11.8 Å². The fourth-order valence-electron chi connectivity index (χ4n) is 2.54. The standard InChI is InChI=1S/C17H21NO2S/c1-5-10-13(18)15(16(19)20)21-14(10)11-8-6-7-9-12(11)17(2,3)4/h6-9H,5,18H2,1-4H3,(H,19,20). The number of thiophene rings is 1. The second kappa shape index (κ2) is 5.53. The van der Waals surface area contributed by atoms with Gasteiger partial charge < -0.3 is 10.8 Å². The van der Waals surface area contributed by atoms with Crippen molar-refractivity contribution < 1.29 is 9.90 Å². The summed E-state index contributed by atoms with van der Waals surface area (Å²) in [4.78, 5) is 12.6. The Morgan fingerprint density at radius 1 is 1.29 bits per heavy atom. The number of aromatic carboxylic acids is 1. The summed E-state index contributed by atoms with van der Waals surface area (Å²) in [6.07, 6.45) is 0.726. The van der Waals surface area contributed by atoms with Gasteiger partial charge in [-0.25, -0.2) is 4.79 Å². The van der Waals surface area contributed by atoms with Gasteiger partial charge in [0.05, 0.1) is 5.69 Å². The van der Waals surface area contributed by atoms with E-state index in [1.54, 1.807) is 0 Å². The van der Waals surface area contributed by atoms with Crippen molar-refractivity contribution in [2.24, 2.45) is 0 Å². The zero-order valence-electron chi connectivity index (χ0n) is 12.9. The van der Waals surface area contributed by atoms with Gasteiger partial charge in [0.2, 0.25) is 0 Å². The van der Waals surface area contributed by atoms with Crippen molar-refractivity contribution in [3.63, 3.8) is 0 Å². The van der Waals surface area contributed by atoms with Crippen molar-refractivity contribution in [3.8, 4) is 10.4 Å². The molecule has 0 spiro atoms. The van der Waals surface area contributed by atoms with Crippen LogP contribution in [0, 0.1) is 0 Å². The van der Waals surface area contributed by atoms with Crippen LogP contribution in [0.3, 0.4) is 0 Å². The molecule has 0 aliphatic heterocycles. The second-order valence-electron chi connectivity index (χ2n) is 6.11. The van der Waals surface area contributed by atoms with Gasteiger partial charge in [0.15, 0.2) is 0 Å². The number of hydrogen-bond donors (Lipinski definition) is 2. The Bertz CT molecular complexity index is 681. The predicted octanol–water partition coefficient (Wildman–Crippen LogP) is 4.56. The molecule has 2 aromatic rings. The van der Waals surface area contributed by atoms with Gasteiger partial charge in [-0.05, 0) is 28.5 Å². The number of carboxylic acid groups (broad SMARTS) is 1. The highest BCUT2D eigenvalue weighted by atomic mass is 32.1. The molecule has 3 nitrogen and oxygen atoms in total. The normalized spacial score (nSPS) is 11.6. The first kappa shape index (κ1) is 15.6. The molecule has 0 atom stereocenters. The molecule has 0 saturated heterocycles. The Kier molecular flexibility index (Phi) is 4.10. The summed E-state index contributed by atoms with van der Waals surface area (Å²) in [6.45, 7) is 8.48. The summed E-state index contributed by atoms with van der Waals surface area (Å²) in [7, 11) is 0. The Labute approximate surface area is 129 Å². The van der Waals surface area contributed by atoms with E-state index in [-0.39, 0.29) is 10.3 Å². The van der Waals surface area contributed by atoms with E-state index in [4.69, 9.17) is 5.73 Å². The number of rotatable bonds is 3. The summed E-state index contributed by atoms with van der Waals surface area (Å²) < 4.78 is 0. The maximum Gasteiger partial charge on any atom is 0.348 e. The first-order chi connectivity index (χ1) is 9.77. The van der Waals surface area contributed by atoms with Crippen LogP contribution in [0.1, 0.15) is 48.5 Å². The predicted molar refractivity (Wildman–Crippen MR) is 89.2 cm³/mol. The highest BCUT2D eigenvalue weighted by molar-refractivity contribution is 7.18. The highest BCUT2D eigenvalue weighted by Crippen LogP contribution is 2.42. The van der Waals surface area contributed by atoms with Crippen LogP contribution in [0.2, 0.25) is 0 Å². The molecule has 0 saturated carbocycles. The van der Waals surface area contributed by atoms with Crippen molar-refractivity contribution in [1.29, 1.82) is 0 Å². The number of hydrogen-bond acceptors (Lipinski definition) is 3. The Hall–Kier alpha value is -1.81. The van der Waals surface area contributed by atoms with E-state index in [9.17, 15) is 9.90 Å². The molecule has 1 aromatic carbocycles. The number of carboxylic acids is 1. The Balaban J connectivity index is 2.74. The third-order valence-corrected chi connectivity index (χ3v) is 4.84. The first-order valence-corrected chi connectivity index (χ1v) is 7.83. The van der Waals surface area contributed by atoms with Crippen LogP contribution in [0.5, 0.6) is 0 Å². The molecular formula is C17H21NO2S. The lowest BCUT2D eigenvalue weighted by Gasteiger charge is -2.23. The highest BCUT2D eigenvalue weighted by Gasteiger charge is 2.24. The summed E-state index contributed by atoms with van der Waals surface area (Å²) in [5.41, 5.74) is 9.68. The summed E-state index contributed by atoms with van der Waals surface area (Å²) >= 11 is 1.28. The number of nitrogens with two attached hydrogens (primary N) is 1. The van der Waals surface area contributed by atoms with Gasteiger partial charge in [0.25, 0.3) is 0 Å². The van der Waals surface area contributed by atoms with E-state index in [0.717, 1.165) is 22.4 Å². The van der Waals surface area contributed by atoms with E-state index in [1.807, 2.05) is 19.1 Å². The van der Waals surface area contributed by atoms with Crippen LogP contribution < -0.4 is 5.73 Å². The van der Waals surface area contributed by atoms with Gasteiger partial charge in [-0.15, -0.1) is 11.3 Å². The molecule has 0 fully saturated rings. The fraction of sp³-hybridized carbons (Fsp3) is 0.353. The monoisotopic (exact) mass is 303 g/mol. The molecule has 0 unspecified atom stereocenters. The van der Waals surface area contributed by atoms with E-state index in [2.05, 4.69) is 32.9 Å². The molecule has 0 bridgehead atoms. The van der Waals surface area contributed by atoms with Crippen LogP contribution in [0.25, 0.3) is 10.4 Å². The average Bonchev–Trinajstić information content (AvgIpc) is 2.74. The van der Waals surface area contributed by atoms with Crippen LogP contribution in [0.15, 0.2) is 24.3 Å². The molecule has 1 aromatic heterocycles. The molecule has 1 heterocycles. The molecule has 0 aliphatic carbocycles.